The molecule has 0 spiro atoms. The number of esters is 1. The summed E-state index contributed by atoms with van der Waals surface area (Å²) in [5.41, 5.74) is 6.25. The van der Waals surface area contributed by atoms with Gasteiger partial charge in [0.1, 0.15) is 0 Å². The van der Waals surface area contributed by atoms with Crippen LogP contribution in [0.1, 0.15) is 58.9 Å². The van der Waals surface area contributed by atoms with Crippen LogP contribution < -0.4 is 10.2 Å². The molecule has 0 radical (unpaired) electrons. The molecule has 7 heteroatoms. The second-order valence-corrected chi connectivity index (χ2v) is 8.89. The summed E-state index contributed by atoms with van der Waals surface area (Å²) in [7, 11) is 0. The third-order valence-electron chi connectivity index (χ3n) is 6.00. The fourth-order valence-electron chi connectivity index (χ4n) is 4.31. The van der Waals surface area contributed by atoms with E-state index in [0.29, 0.717) is 11.4 Å². The molecule has 0 fully saturated rings. The van der Waals surface area contributed by atoms with Crippen molar-refractivity contribution in [3.63, 3.8) is 0 Å². The molecule has 3 amide bonds. The number of ether oxygens (including phenoxy) is 1. The molecule has 1 aliphatic rings. The molecule has 1 heterocycles. The SMILES string of the molecule is Cc1cc(C)c(NC(=O)COC(=O)c2ccc3c(c2)C(=O)N(c2cc(C)ccc2C)C3=O)c(C)c1. The minimum absolute atomic E-state index is 0.0863. The van der Waals surface area contributed by atoms with Gasteiger partial charge in [0.2, 0.25) is 0 Å². The van der Waals surface area contributed by atoms with Gasteiger partial charge in [-0.3, -0.25) is 14.4 Å². The van der Waals surface area contributed by atoms with Crippen LogP contribution in [-0.2, 0) is 9.53 Å². The second kappa shape index (κ2) is 9.18. The summed E-state index contributed by atoms with van der Waals surface area (Å²) >= 11 is 0. The molecule has 1 aliphatic heterocycles. The molecule has 3 aromatic rings. The number of hydrogen-bond acceptors (Lipinski definition) is 5. The highest BCUT2D eigenvalue weighted by Gasteiger charge is 2.38. The molecular weight excluding hydrogens is 444 g/mol. The van der Waals surface area contributed by atoms with Crippen molar-refractivity contribution in [1.82, 2.24) is 0 Å². The Bertz CT molecular complexity index is 1380. The van der Waals surface area contributed by atoms with Crippen molar-refractivity contribution in [1.29, 1.82) is 0 Å². The van der Waals surface area contributed by atoms with Gasteiger partial charge in [-0.2, -0.15) is 0 Å². The zero-order chi connectivity index (χ0) is 25.4. The maximum Gasteiger partial charge on any atom is 0.338 e. The highest BCUT2D eigenvalue weighted by molar-refractivity contribution is 6.35. The Morgan fingerprint density at radius 1 is 0.771 bits per heavy atom. The number of fused-ring (bicyclic) bond motifs is 1. The number of aryl methyl sites for hydroxylation is 5. The summed E-state index contributed by atoms with van der Waals surface area (Å²) in [6, 6.07) is 13.7. The molecule has 0 aliphatic carbocycles. The molecule has 7 nitrogen and oxygen atoms in total. The molecule has 3 aromatic carbocycles. The number of nitrogens with one attached hydrogen (secondary N) is 1. The van der Waals surface area contributed by atoms with E-state index in [2.05, 4.69) is 5.32 Å². The van der Waals surface area contributed by atoms with Crippen LogP contribution in [0.3, 0.4) is 0 Å². The van der Waals surface area contributed by atoms with E-state index in [1.165, 1.54) is 18.2 Å². The van der Waals surface area contributed by atoms with Gasteiger partial charge in [0.15, 0.2) is 6.61 Å². The maximum atomic E-state index is 13.1. The number of rotatable bonds is 5. The highest BCUT2D eigenvalue weighted by Crippen LogP contribution is 2.32. The molecule has 178 valence electrons. The van der Waals surface area contributed by atoms with Crippen LogP contribution in [0.5, 0.6) is 0 Å². The fourth-order valence-corrected chi connectivity index (χ4v) is 4.31. The number of carbonyl (C=O) groups is 4. The Labute approximate surface area is 203 Å². The topological polar surface area (TPSA) is 92.8 Å². The van der Waals surface area contributed by atoms with E-state index in [-0.39, 0.29) is 16.7 Å². The van der Waals surface area contributed by atoms with Gasteiger partial charge in [-0.25, -0.2) is 9.69 Å². The lowest BCUT2D eigenvalue weighted by Gasteiger charge is -2.17. The van der Waals surface area contributed by atoms with Gasteiger partial charge in [-0.15, -0.1) is 0 Å². The Hall–Kier alpha value is -4.26. The van der Waals surface area contributed by atoms with Crippen molar-refractivity contribution in [2.45, 2.75) is 34.6 Å². The first kappa shape index (κ1) is 23.9. The van der Waals surface area contributed by atoms with Crippen LogP contribution in [0.4, 0.5) is 11.4 Å². The lowest BCUT2D eigenvalue weighted by molar-refractivity contribution is -0.119. The predicted octanol–water partition coefficient (Wildman–Crippen LogP) is 4.82. The van der Waals surface area contributed by atoms with E-state index in [1.54, 1.807) is 6.07 Å². The van der Waals surface area contributed by atoms with Gasteiger partial charge in [0.25, 0.3) is 17.7 Å². The van der Waals surface area contributed by atoms with E-state index in [4.69, 9.17) is 4.74 Å². The van der Waals surface area contributed by atoms with E-state index in [1.807, 2.05) is 58.9 Å². The number of anilines is 2. The second-order valence-electron chi connectivity index (χ2n) is 8.89. The van der Waals surface area contributed by atoms with Crippen molar-refractivity contribution in [2.75, 3.05) is 16.8 Å². The fraction of sp³-hybridized carbons (Fsp3) is 0.214. The standard InChI is InChI=1S/C28H26N2O5/c1-15-6-7-17(3)23(12-15)30-26(32)21-9-8-20(13-22(21)27(30)33)28(34)35-14-24(31)29-25-18(4)10-16(2)11-19(25)5/h6-13H,14H2,1-5H3,(H,29,31). The quantitative estimate of drug-likeness (QED) is 0.426. The summed E-state index contributed by atoms with van der Waals surface area (Å²) in [4.78, 5) is 52.2. The first-order chi connectivity index (χ1) is 16.6. The van der Waals surface area contributed by atoms with Crippen LogP contribution >= 0.6 is 0 Å². The average molecular weight is 471 g/mol. The molecule has 35 heavy (non-hydrogen) atoms. The first-order valence-electron chi connectivity index (χ1n) is 11.2. The lowest BCUT2D eigenvalue weighted by atomic mass is 10.1. The number of nitrogens with zero attached hydrogens (tertiary/aromatic N) is 1. The van der Waals surface area contributed by atoms with Crippen molar-refractivity contribution in [3.05, 3.63) is 93.0 Å². The van der Waals surface area contributed by atoms with Gasteiger partial charge in [0, 0.05) is 5.69 Å². The Morgan fingerprint density at radius 2 is 1.43 bits per heavy atom. The minimum Gasteiger partial charge on any atom is -0.452 e. The third kappa shape index (κ3) is 4.57. The molecule has 0 unspecified atom stereocenters. The monoisotopic (exact) mass is 470 g/mol. The lowest BCUT2D eigenvalue weighted by Crippen LogP contribution is -2.30. The summed E-state index contributed by atoms with van der Waals surface area (Å²) in [5.74, 6) is -2.18. The van der Waals surface area contributed by atoms with Crippen LogP contribution in [0.2, 0.25) is 0 Å². The minimum atomic E-state index is -0.759. The van der Waals surface area contributed by atoms with Crippen molar-refractivity contribution in [2.24, 2.45) is 0 Å². The van der Waals surface area contributed by atoms with Crippen LogP contribution in [0.15, 0.2) is 48.5 Å². The number of carbonyl (C=O) groups excluding carboxylic acids is 4. The van der Waals surface area contributed by atoms with Crippen LogP contribution in [0, 0.1) is 34.6 Å². The molecule has 4 rings (SSSR count). The van der Waals surface area contributed by atoms with Crippen molar-refractivity contribution in [3.8, 4) is 0 Å². The molecule has 1 N–H and O–H groups in total. The number of amides is 3. The van der Waals surface area contributed by atoms with Crippen molar-refractivity contribution < 1.29 is 23.9 Å². The largest absolute Gasteiger partial charge is 0.452 e. The predicted molar refractivity (Wildman–Crippen MR) is 133 cm³/mol. The van der Waals surface area contributed by atoms with Gasteiger partial charge >= 0.3 is 5.97 Å². The number of hydrogen-bond donors (Lipinski definition) is 1. The normalized spacial score (nSPS) is 12.5. The van der Waals surface area contributed by atoms with Gasteiger partial charge in [-0.1, -0.05) is 29.8 Å². The van der Waals surface area contributed by atoms with Crippen LogP contribution in [-0.4, -0.2) is 30.3 Å². The van der Waals surface area contributed by atoms with Crippen molar-refractivity contribution >= 4 is 35.1 Å². The summed E-state index contributed by atoms with van der Waals surface area (Å²) in [5, 5.41) is 2.78. The maximum absolute atomic E-state index is 13.1. The first-order valence-corrected chi connectivity index (χ1v) is 11.2. The summed E-state index contributed by atoms with van der Waals surface area (Å²) in [6.07, 6.45) is 0. The van der Waals surface area contributed by atoms with E-state index < -0.39 is 30.3 Å². The zero-order valence-corrected chi connectivity index (χ0v) is 20.3. The average Bonchev–Trinajstić information content (AvgIpc) is 3.05. The summed E-state index contributed by atoms with van der Waals surface area (Å²) < 4.78 is 5.17. The Balaban J connectivity index is 1.48. The zero-order valence-electron chi connectivity index (χ0n) is 20.3. The molecule has 0 saturated carbocycles. The molecule has 0 aromatic heterocycles. The van der Waals surface area contributed by atoms with Gasteiger partial charge in [0.05, 0.1) is 22.4 Å². The highest BCUT2D eigenvalue weighted by atomic mass is 16.5. The van der Waals surface area contributed by atoms with E-state index >= 15 is 0 Å². The molecule has 0 bridgehead atoms. The van der Waals surface area contributed by atoms with Gasteiger partial charge in [-0.05, 0) is 81.1 Å². The van der Waals surface area contributed by atoms with Gasteiger partial charge < -0.3 is 10.1 Å². The number of benzene rings is 3. The van der Waals surface area contributed by atoms with Crippen LogP contribution in [0.25, 0.3) is 0 Å². The Kier molecular flexibility index (Phi) is 6.26. The molecule has 0 saturated heterocycles. The molecule has 0 atom stereocenters. The number of imide groups is 1. The third-order valence-corrected chi connectivity index (χ3v) is 6.00. The van der Waals surface area contributed by atoms with E-state index in [0.717, 1.165) is 32.7 Å². The Morgan fingerprint density at radius 3 is 2.11 bits per heavy atom. The smallest absolute Gasteiger partial charge is 0.338 e. The molecular formula is C28H26N2O5. The summed E-state index contributed by atoms with van der Waals surface area (Å²) in [6.45, 7) is 8.99. The van der Waals surface area contributed by atoms with E-state index in [9.17, 15) is 19.2 Å².